The van der Waals surface area contributed by atoms with E-state index in [1.165, 1.54) is 0 Å². The van der Waals surface area contributed by atoms with E-state index in [2.05, 4.69) is 126 Å². The standard InChI is InChI=1S/C51H32N4O/c1-5-16-33(17-6-1)37-30-38(34-18-7-2-8-19-34)32-39(31-37)55-44-26-14-13-24-40(44)41-28-29-42-46-43(25-15-27-45(46)56-48(42)47(41)55)51-53-49(35-20-9-3-10-21-35)52-50(54-51)36-22-11-4-12-23-36/h1-32H. The highest BCUT2D eigenvalue weighted by Gasteiger charge is 2.23. The summed E-state index contributed by atoms with van der Waals surface area (Å²) in [5, 5.41) is 4.25. The van der Waals surface area contributed by atoms with Gasteiger partial charge in [0.15, 0.2) is 23.1 Å². The Morgan fingerprint density at radius 3 is 1.50 bits per heavy atom. The molecule has 3 aromatic heterocycles. The normalized spacial score (nSPS) is 11.6. The lowest BCUT2D eigenvalue weighted by molar-refractivity contribution is 0.671. The van der Waals surface area contributed by atoms with Gasteiger partial charge in [0, 0.05) is 43.9 Å². The fourth-order valence-corrected chi connectivity index (χ4v) is 8.05. The Morgan fingerprint density at radius 1 is 0.375 bits per heavy atom. The Kier molecular flexibility index (Phi) is 7.42. The molecule has 0 aliphatic heterocycles. The predicted octanol–water partition coefficient (Wildman–Crippen LogP) is 13.2. The monoisotopic (exact) mass is 716 g/mol. The third kappa shape index (κ3) is 5.29. The van der Waals surface area contributed by atoms with Crippen LogP contribution in [0.3, 0.4) is 0 Å². The average Bonchev–Trinajstić information content (AvgIpc) is 3.84. The van der Waals surface area contributed by atoms with Gasteiger partial charge in [0.05, 0.1) is 11.0 Å². The van der Waals surface area contributed by atoms with Gasteiger partial charge in [-0.25, -0.2) is 15.0 Å². The van der Waals surface area contributed by atoms with Crippen LogP contribution < -0.4 is 0 Å². The van der Waals surface area contributed by atoms with Gasteiger partial charge in [0.1, 0.15) is 5.58 Å². The van der Waals surface area contributed by atoms with E-state index in [9.17, 15) is 0 Å². The molecule has 0 radical (unpaired) electrons. The molecular weight excluding hydrogens is 685 g/mol. The maximum absolute atomic E-state index is 6.99. The summed E-state index contributed by atoms with van der Waals surface area (Å²) in [6, 6.07) is 67.5. The molecule has 11 aromatic rings. The first-order valence-corrected chi connectivity index (χ1v) is 18.8. The van der Waals surface area contributed by atoms with E-state index in [4.69, 9.17) is 19.4 Å². The molecule has 0 aliphatic rings. The van der Waals surface area contributed by atoms with Gasteiger partial charge in [-0.15, -0.1) is 0 Å². The van der Waals surface area contributed by atoms with E-state index < -0.39 is 0 Å². The maximum atomic E-state index is 6.99. The molecule has 0 amide bonds. The molecule has 0 saturated carbocycles. The van der Waals surface area contributed by atoms with E-state index in [-0.39, 0.29) is 0 Å². The van der Waals surface area contributed by atoms with E-state index >= 15 is 0 Å². The van der Waals surface area contributed by atoms with E-state index in [1.807, 2.05) is 72.8 Å². The SMILES string of the molecule is c1ccc(-c2cc(-c3ccccc3)cc(-n3c4ccccc4c4ccc5c(oc6cccc(-c7nc(-c8ccccc8)nc(-c8ccccc8)n7)c65)c43)c2)cc1. The molecule has 5 nitrogen and oxygen atoms in total. The molecule has 56 heavy (non-hydrogen) atoms. The number of rotatable bonds is 6. The summed E-state index contributed by atoms with van der Waals surface area (Å²) in [5.74, 6) is 1.83. The van der Waals surface area contributed by atoms with Gasteiger partial charge in [-0.3, -0.25) is 0 Å². The Morgan fingerprint density at radius 2 is 0.893 bits per heavy atom. The number of furan rings is 1. The zero-order valence-corrected chi connectivity index (χ0v) is 30.2. The Balaban J connectivity index is 1.20. The molecule has 3 heterocycles. The zero-order chi connectivity index (χ0) is 37.0. The lowest BCUT2D eigenvalue weighted by atomic mass is 9.98. The predicted molar refractivity (Wildman–Crippen MR) is 229 cm³/mol. The highest BCUT2D eigenvalue weighted by molar-refractivity contribution is 6.23. The molecule has 0 bridgehead atoms. The highest BCUT2D eigenvalue weighted by Crippen LogP contribution is 2.44. The van der Waals surface area contributed by atoms with Gasteiger partial charge in [-0.2, -0.15) is 0 Å². The summed E-state index contributed by atoms with van der Waals surface area (Å²) in [7, 11) is 0. The molecule has 8 aromatic carbocycles. The largest absolute Gasteiger partial charge is 0.454 e. The average molecular weight is 717 g/mol. The van der Waals surface area contributed by atoms with Gasteiger partial charge in [0.2, 0.25) is 0 Å². The van der Waals surface area contributed by atoms with Crippen LogP contribution in [-0.4, -0.2) is 19.5 Å². The van der Waals surface area contributed by atoms with Crippen molar-refractivity contribution in [1.29, 1.82) is 0 Å². The van der Waals surface area contributed by atoms with E-state index in [0.29, 0.717) is 17.5 Å². The molecule has 5 heteroatoms. The summed E-state index contributed by atoms with van der Waals surface area (Å²) in [5.41, 5.74) is 12.1. The van der Waals surface area contributed by atoms with Crippen LogP contribution in [0, 0.1) is 0 Å². The Bertz CT molecular complexity index is 3110. The van der Waals surface area contributed by atoms with Crippen molar-refractivity contribution in [3.63, 3.8) is 0 Å². The second kappa shape index (κ2) is 13.0. The van der Waals surface area contributed by atoms with Crippen molar-refractivity contribution in [2.24, 2.45) is 0 Å². The molecule has 0 saturated heterocycles. The first-order chi connectivity index (χ1) is 27.8. The van der Waals surface area contributed by atoms with E-state index in [0.717, 1.165) is 88.4 Å². The second-order valence-electron chi connectivity index (χ2n) is 14.0. The molecule has 262 valence electrons. The molecule has 11 rings (SSSR count). The lowest BCUT2D eigenvalue weighted by Gasteiger charge is -2.14. The molecule has 0 aliphatic carbocycles. The minimum Gasteiger partial charge on any atom is -0.454 e. The molecule has 0 unspecified atom stereocenters. The van der Waals surface area contributed by atoms with Crippen molar-refractivity contribution in [2.75, 3.05) is 0 Å². The summed E-state index contributed by atoms with van der Waals surface area (Å²) in [6.07, 6.45) is 0. The van der Waals surface area contributed by atoms with Crippen molar-refractivity contribution < 1.29 is 4.42 Å². The summed E-state index contributed by atoms with van der Waals surface area (Å²) < 4.78 is 9.36. The van der Waals surface area contributed by atoms with Crippen LogP contribution in [0.2, 0.25) is 0 Å². The van der Waals surface area contributed by atoms with Crippen molar-refractivity contribution in [2.45, 2.75) is 0 Å². The zero-order valence-electron chi connectivity index (χ0n) is 30.2. The minimum atomic E-state index is 0.592. The number of hydrogen-bond acceptors (Lipinski definition) is 4. The summed E-state index contributed by atoms with van der Waals surface area (Å²) in [6.45, 7) is 0. The number of fused-ring (bicyclic) bond motifs is 7. The number of aromatic nitrogens is 4. The molecular formula is C51H32N4O. The van der Waals surface area contributed by atoms with Crippen molar-refractivity contribution in [3.05, 3.63) is 194 Å². The van der Waals surface area contributed by atoms with Gasteiger partial charge in [0.25, 0.3) is 0 Å². The first kappa shape index (κ1) is 31.9. The van der Waals surface area contributed by atoms with Gasteiger partial charge < -0.3 is 8.98 Å². The molecule has 0 atom stereocenters. The van der Waals surface area contributed by atoms with Crippen LogP contribution >= 0.6 is 0 Å². The fraction of sp³-hybridized carbons (Fsp3) is 0. The smallest absolute Gasteiger partial charge is 0.164 e. The van der Waals surface area contributed by atoms with Gasteiger partial charge in [-0.1, -0.05) is 158 Å². The quantitative estimate of drug-likeness (QED) is 0.172. The van der Waals surface area contributed by atoms with Crippen LogP contribution in [0.1, 0.15) is 0 Å². The number of para-hydroxylation sites is 1. The van der Waals surface area contributed by atoms with Crippen LogP contribution in [0.15, 0.2) is 199 Å². The minimum absolute atomic E-state index is 0.592. The molecule has 0 spiro atoms. The lowest BCUT2D eigenvalue weighted by Crippen LogP contribution is -2.00. The Hall–Kier alpha value is -7.63. The van der Waals surface area contributed by atoms with Crippen molar-refractivity contribution in [1.82, 2.24) is 19.5 Å². The number of hydrogen-bond donors (Lipinski definition) is 0. The third-order valence-corrected chi connectivity index (χ3v) is 10.6. The highest BCUT2D eigenvalue weighted by atomic mass is 16.3. The summed E-state index contributed by atoms with van der Waals surface area (Å²) >= 11 is 0. The fourth-order valence-electron chi connectivity index (χ4n) is 8.05. The topological polar surface area (TPSA) is 56.7 Å². The van der Waals surface area contributed by atoms with Crippen molar-refractivity contribution in [3.8, 4) is 62.1 Å². The number of benzene rings is 8. The van der Waals surface area contributed by atoms with Crippen LogP contribution in [0.5, 0.6) is 0 Å². The molecule has 0 fully saturated rings. The van der Waals surface area contributed by atoms with Crippen LogP contribution in [-0.2, 0) is 0 Å². The van der Waals surface area contributed by atoms with Gasteiger partial charge >= 0.3 is 0 Å². The Labute approximate surface area is 322 Å². The van der Waals surface area contributed by atoms with Gasteiger partial charge in [-0.05, 0) is 58.7 Å². The van der Waals surface area contributed by atoms with Crippen LogP contribution in [0.25, 0.3) is 106 Å². The third-order valence-electron chi connectivity index (χ3n) is 10.6. The molecule has 0 N–H and O–H groups in total. The van der Waals surface area contributed by atoms with E-state index in [1.54, 1.807) is 0 Å². The number of nitrogens with zero attached hydrogens (tertiary/aromatic N) is 4. The van der Waals surface area contributed by atoms with Crippen molar-refractivity contribution >= 4 is 43.7 Å². The maximum Gasteiger partial charge on any atom is 0.164 e. The van der Waals surface area contributed by atoms with Crippen LogP contribution in [0.4, 0.5) is 0 Å². The first-order valence-electron chi connectivity index (χ1n) is 18.8. The summed E-state index contributed by atoms with van der Waals surface area (Å²) in [4.78, 5) is 15.2. The second-order valence-corrected chi connectivity index (χ2v) is 14.0.